The van der Waals surface area contributed by atoms with Crippen LogP contribution in [0.1, 0.15) is 26.3 Å². The van der Waals surface area contributed by atoms with E-state index in [1.165, 1.54) is 30.3 Å². The molecule has 2 rings (SSSR count). The van der Waals surface area contributed by atoms with Crippen molar-refractivity contribution in [1.29, 1.82) is 0 Å². The van der Waals surface area contributed by atoms with Crippen molar-refractivity contribution in [2.24, 2.45) is 5.73 Å². The summed E-state index contributed by atoms with van der Waals surface area (Å²) in [4.78, 5) is 33.2. The lowest BCUT2D eigenvalue weighted by Crippen LogP contribution is -2.14. The average Bonchev–Trinajstić information content (AvgIpc) is 2.49. The predicted molar refractivity (Wildman–Crippen MR) is 80.7 cm³/mol. The number of carbonyl (C=O) groups excluding carboxylic acids is 2. The quantitative estimate of drug-likeness (QED) is 0.665. The number of aryl methyl sites for hydroxylation is 1. The molecule has 0 fully saturated rings. The first-order valence-corrected chi connectivity index (χ1v) is 6.35. The maximum absolute atomic E-state index is 12.1. The monoisotopic (exact) mass is 299 g/mol. The highest BCUT2D eigenvalue weighted by Gasteiger charge is 2.11. The summed E-state index contributed by atoms with van der Waals surface area (Å²) in [6.45, 7) is 1.73. The van der Waals surface area contributed by atoms with Gasteiger partial charge >= 0.3 is 0 Å². The van der Waals surface area contributed by atoms with Gasteiger partial charge in [-0.05, 0) is 42.8 Å². The molecular weight excluding hydrogens is 286 g/mol. The number of benzene rings is 2. The van der Waals surface area contributed by atoms with Gasteiger partial charge in [0.1, 0.15) is 0 Å². The minimum Gasteiger partial charge on any atom is -0.366 e. The molecule has 0 aliphatic carbocycles. The number of anilines is 1. The molecule has 0 aromatic heterocycles. The van der Waals surface area contributed by atoms with Crippen LogP contribution >= 0.6 is 0 Å². The Morgan fingerprint density at radius 2 is 1.68 bits per heavy atom. The third-order valence-corrected chi connectivity index (χ3v) is 3.10. The molecule has 2 aromatic rings. The minimum absolute atomic E-state index is 0.0847. The number of non-ortho nitro benzene ring substituents is 1. The second-order valence-electron chi connectivity index (χ2n) is 4.65. The largest absolute Gasteiger partial charge is 0.366 e. The molecule has 0 aliphatic rings. The molecule has 22 heavy (non-hydrogen) atoms. The zero-order valence-electron chi connectivity index (χ0n) is 11.7. The van der Waals surface area contributed by atoms with E-state index in [2.05, 4.69) is 5.32 Å². The van der Waals surface area contributed by atoms with Crippen molar-refractivity contribution in [3.63, 3.8) is 0 Å². The average molecular weight is 299 g/mol. The molecule has 0 unspecified atom stereocenters. The van der Waals surface area contributed by atoms with Crippen LogP contribution in [0.3, 0.4) is 0 Å². The fourth-order valence-electron chi connectivity index (χ4n) is 1.89. The number of nitrogens with two attached hydrogens (primary N) is 1. The Bertz CT molecular complexity index is 754. The Labute approximate surface area is 125 Å². The second kappa shape index (κ2) is 6.04. The number of nitrogens with one attached hydrogen (secondary N) is 1. The van der Waals surface area contributed by atoms with E-state index >= 15 is 0 Å². The number of amides is 2. The van der Waals surface area contributed by atoms with Gasteiger partial charge in [-0.1, -0.05) is 0 Å². The molecule has 7 nitrogen and oxygen atoms in total. The minimum atomic E-state index is -0.545. The molecule has 0 heterocycles. The number of primary amides is 1. The zero-order valence-corrected chi connectivity index (χ0v) is 11.7. The van der Waals surface area contributed by atoms with Crippen LogP contribution in [-0.4, -0.2) is 16.7 Å². The molecular formula is C15H13N3O4. The summed E-state index contributed by atoms with van der Waals surface area (Å²) in [7, 11) is 0. The van der Waals surface area contributed by atoms with Gasteiger partial charge in [0.25, 0.3) is 11.6 Å². The van der Waals surface area contributed by atoms with Crippen molar-refractivity contribution in [3.8, 4) is 0 Å². The van der Waals surface area contributed by atoms with Crippen LogP contribution in [-0.2, 0) is 0 Å². The summed E-state index contributed by atoms with van der Waals surface area (Å²) in [6, 6.07) is 9.95. The van der Waals surface area contributed by atoms with E-state index in [0.717, 1.165) is 0 Å². The number of nitrogens with zero attached hydrogens (tertiary/aromatic N) is 1. The number of rotatable bonds is 4. The van der Waals surface area contributed by atoms with E-state index in [-0.39, 0.29) is 5.69 Å². The van der Waals surface area contributed by atoms with Crippen LogP contribution in [0, 0.1) is 17.0 Å². The lowest BCUT2D eigenvalue weighted by Gasteiger charge is -2.09. The Morgan fingerprint density at radius 1 is 1.09 bits per heavy atom. The van der Waals surface area contributed by atoms with Crippen molar-refractivity contribution in [2.45, 2.75) is 6.92 Å². The SMILES string of the molecule is Cc1cc(C(N)=O)ccc1NC(=O)c1ccc([N+](=O)[O-])cc1. The van der Waals surface area contributed by atoms with E-state index in [1.807, 2.05) is 0 Å². The Balaban J connectivity index is 2.18. The second-order valence-corrected chi connectivity index (χ2v) is 4.65. The third-order valence-electron chi connectivity index (χ3n) is 3.10. The van der Waals surface area contributed by atoms with E-state index in [4.69, 9.17) is 5.73 Å². The molecule has 7 heteroatoms. The fourth-order valence-corrected chi connectivity index (χ4v) is 1.89. The van der Waals surface area contributed by atoms with Crippen molar-refractivity contribution in [1.82, 2.24) is 0 Å². The van der Waals surface area contributed by atoms with Gasteiger partial charge in [-0.2, -0.15) is 0 Å². The van der Waals surface area contributed by atoms with Crippen LogP contribution in [0.5, 0.6) is 0 Å². The van der Waals surface area contributed by atoms with Gasteiger partial charge in [0.15, 0.2) is 0 Å². The lowest BCUT2D eigenvalue weighted by atomic mass is 10.1. The summed E-state index contributed by atoms with van der Waals surface area (Å²) in [5.74, 6) is -0.943. The normalized spacial score (nSPS) is 10.0. The molecule has 2 amide bonds. The zero-order chi connectivity index (χ0) is 16.3. The Hall–Kier alpha value is -3.22. The van der Waals surface area contributed by atoms with Gasteiger partial charge < -0.3 is 11.1 Å². The van der Waals surface area contributed by atoms with Crippen LogP contribution in [0.4, 0.5) is 11.4 Å². The maximum Gasteiger partial charge on any atom is 0.269 e. The van der Waals surface area contributed by atoms with Crippen LogP contribution in [0.2, 0.25) is 0 Å². The molecule has 112 valence electrons. The van der Waals surface area contributed by atoms with Crippen molar-refractivity contribution in [2.75, 3.05) is 5.32 Å². The first-order chi connectivity index (χ1) is 10.4. The van der Waals surface area contributed by atoms with Gasteiger partial charge in [-0.25, -0.2) is 0 Å². The summed E-state index contributed by atoms with van der Waals surface area (Å²) in [5, 5.41) is 13.3. The summed E-state index contributed by atoms with van der Waals surface area (Å²) in [6.07, 6.45) is 0. The Kier molecular flexibility index (Phi) is 4.17. The number of nitro benzene ring substituents is 1. The van der Waals surface area contributed by atoms with Gasteiger partial charge in [0, 0.05) is 28.9 Å². The highest BCUT2D eigenvalue weighted by atomic mass is 16.6. The van der Waals surface area contributed by atoms with Gasteiger partial charge in [0.2, 0.25) is 5.91 Å². The lowest BCUT2D eigenvalue weighted by molar-refractivity contribution is -0.384. The fraction of sp³-hybridized carbons (Fsp3) is 0.0667. The molecule has 0 bridgehead atoms. The first-order valence-electron chi connectivity index (χ1n) is 6.35. The molecule has 0 radical (unpaired) electrons. The van der Waals surface area contributed by atoms with Crippen LogP contribution in [0.25, 0.3) is 0 Å². The van der Waals surface area contributed by atoms with Crippen LogP contribution in [0.15, 0.2) is 42.5 Å². The van der Waals surface area contributed by atoms with Gasteiger partial charge in [-0.3, -0.25) is 19.7 Å². The highest BCUT2D eigenvalue weighted by Crippen LogP contribution is 2.18. The van der Waals surface area contributed by atoms with E-state index in [0.29, 0.717) is 22.4 Å². The molecule has 0 saturated carbocycles. The molecule has 0 atom stereocenters. The number of nitro groups is 1. The standard InChI is InChI=1S/C15H13N3O4/c1-9-8-11(14(16)19)4-7-13(9)17-15(20)10-2-5-12(6-3-10)18(21)22/h2-8H,1H3,(H2,16,19)(H,17,20). The topological polar surface area (TPSA) is 115 Å². The van der Waals surface area contributed by atoms with Crippen molar-refractivity contribution < 1.29 is 14.5 Å². The number of hydrogen-bond acceptors (Lipinski definition) is 4. The predicted octanol–water partition coefficient (Wildman–Crippen LogP) is 2.25. The smallest absolute Gasteiger partial charge is 0.269 e. The number of hydrogen-bond donors (Lipinski definition) is 2. The van der Waals surface area contributed by atoms with Crippen LogP contribution < -0.4 is 11.1 Å². The van der Waals surface area contributed by atoms with E-state index in [1.54, 1.807) is 19.1 Å². The Morgan fingerprint density at radius 3 is 2.18 bits per heavy atom. The highest BCUT2D eigenvalue weighted by molar-refractivity contribution is 6.05. The summed E-state index contributed by atoms with van der Waals surface area (Å²) < 4.78 is 0. The maximum atomic E-state index is 12.1. The summed E-state index contributed by atoms with van der Waals surface area (Å²) in [5.41, 5.74) is 6.97. The molecule has 2 aromatic carbocycles. The first kappa shape index (κ1) is 15.2. The number of carbonyl (C=O) groups is 2. The summed E-state index contributed by atoms with van der Waals surface area (Å²) >= 11 is 0. The van der Waals surface area contributed by atoms with Crippen molar-refractivity contribution in [3.05, 3.63) is 69.3 Å². The third kappa shape index (κ3) is 3.26. The van der Waals surface area contributed by atoms with E-state index < -0.39 is 16.7 Å². The van der Waals surface area contributed by atoms with E-state index in [9.17, 15) is 19.7 Å². The molecule has 3 N–H and O–H groups in total. The molecule has 0 spiro atoms. The molecule has 0 saturated heterocycles. The van der Waals surface area contributed by atoms with Gasteiger partial charge in [-0.15, -0.1) is 0 Å². The van der Waals surface area contributed by atoms with Gasteiger partial charge in [0.05, 0.1) is 4.92 Å². The molecule has 0 aliphatic heterocycles. The van der Waals surface area contributed by atoms with Crippen molar-refractivity contribution >= 4 is 23.2 Å².